The van der Waals surface area contributed by atoms with Gasteiger partial charge in [0.1, 0.15) is 15.6 Å². The van der Waals surface area contributed by atoms with Gasteiger partial charge in [-0.25, -0.2) is 9.78 Å². The minimum Gasteiger partial charge on any atom is -0.468 e. The molecule has 2 atom stereocenters. The summed E-state index contributed by atoms with van der Waals surface area (Å²) < 4.78 is 10.8. The van der Waals surface area contributed by atoms with E-state index in [0.717, 1.165) is 36.4 Å². The number of nitrogens with one attached hydrogen (secondary N) is 2. The van der Waals surface area contributed by atoms with Crippen molar-refractivity contribution in [3.63, 3.8) is 0 Å². The lowest BCUT2D eigenvalue weighted by molar-refractivity contribution is 0.0531. The van der Waals surface area contributed by atoms with Gasteiger partial charge >= 0.3 is 5.97 Å². The number of hydrogen-bond donors (Lipinski definition) is 2. The molecule has 0 radical (unpaired) electrons. The molecule has 1 fully saturated rings. The molecule has 10 heteroatoms. The highest BCUT2D eigenvalue weighted by atomic mass is 127. The molecule has 0 aliphatic carbocycles. The molecule has 2 N–H and O–H groups in total. The van der Waals surface area contributed by atoms with Gasteiger partial charge in [0, 0.05) is 6.54 Å². The van der Waals surface area contributed by atoms with Gasteiger partial charge in [0.15, 0.2) is 5.96 Å². The first-order valence-electron chi connectivity index (χ1n) is 11.0. The molecular weight excluding hydrogens is 541 g/mol. The average molecular weight is 576 g/mol. The second-order valence-corrected chi connectivity index (χ2v) is 8.58. The first-order valence-corrected chi connectivity index (χ1v) is 11.8. The Hall–Kier alpha value is -1.66. The Bertz CT molecular complexity index is 865. The van der Waals surface area contributed by atoms with Crippen molar-refractivity contribution in [3.8, 4) is 0 Å². The highest BCUT2D eigenvalue weighted by Crippen LogP contribution is 2.26. The SMILES string of the molecule is CCNC(=NCC(c1ccco1)N1CCCC1)NC(C)c1nc(C)c(C(=O)OCC)s1.I. The van der Waals surface area contributed by atoms with E-state index in [1.54, 1.807) is 13.2 Å². The minimum atomic E-state index is -0.316. The summed E-state index contributed by atoms with van der Waals surface area (Å²) in [5.41, 5.74) is 0.695. The third-order valence-corrected chi connectivity index (χ3v) is 6.54. The lowest BCUT2D eigenvalue weighted by Crippen LogP contribution is -2.39. The molecule has 2 aromatic rings. The number of furan rings is 1. The van der Waals surface area contributed by atoms with Crippen LogP contribution >= 0.6 is 35.3 Å². The third-order valence-electron chi connectivity index (χ3n) is 5.22. The van der Waals surface area contributed by atoms with E-state index in [1.165, 1.54) is 24.2 Å². The van der Waals surface area contributed by atoms with Crippen molar-refractivity contribution in [1.82, 2.24) is 20.5 Å². The maximum atomic E-state index is 12.1. The van der Waals surface area contributed by atoms with Gasteiger partial charge in [-0.05, 0) is 65.8 Å². The number of halogens is 1. The van der Waals surface area contributed by atoms with Crippen molar-refractivity contribution in [2.75, 3.05) is 32.8 Å². The highest BCUT2D eigenvalue weighted by molar-refractivity contribution is 14.0. The Morgan fingerprint density at radius 2 is 2.12 bits per heavy atom. The Morgan fingerprint density at radius 3 is 2.75 bits per heavy atom. The third kappa shape index (κ3) is 6.92. The van der Waals surface area contributed by atoms with Crippen molar-refractivity contribution in [1.29, 1.82) is 0 Å². The second kappa shape index (κ2) is 13.1. The number of ether oxygens (including phenoxy) is 1. The van der Waals surface area contributed by atoms with Crippen molar-refractivity contribution < 1.29 is 13.9 Å². The maximum absolute atomic E-state index is 12.1. The summed E-state index contributed by atoms with van der Waals surface area (Å²) in [4.78, 5) is 24.5. The number of thiazole rings is 1. The molecule has 0 amide bonds. The van der Waals surface area contributed by atoms with Crippen LogP contribution in [0.2, 0.25) is 0 Å². The molecule has 0 spiro atoms. The van der Waals surface area contributed by atoms with Crippen LogP contribution in [0, 0.1) is 6.92 Å². The molecule has 178 valence electrons. The quantitative estimate of drug-likeness (QED) is 0.200. The van der Waals surface area contributed by atoms with Crippen molar-refractivity contribution >= 4 is 47.2 Å². The molecule has 1 aliphatic rings. The van der Waals surface area contributed by atoms with Gasteiger partial charge in [-0.2, -0.15) is 0 Å². The van der Waals surface area contributed by atoms with E-state index < -0.39 is 0 Å². The molecule has 0 saturated carbocycles. The summed E-state index contributed by atoms with van der Waals surface area (Å²) in [6.45, 7) is 11.5. The summed E-state index contributed by atoms with van der Waals surface area (Å²) >= 11 is 1.36. The van der Waals surface area contributed by atoms with Crippen LogP contribution in [0.1, 0.15) is 71.8 Å². The number of nitrogens with zero attached hydrogens (tertiary/aromatic N) is 3. The van der Waals surface area contributed by atoms with Crippen molar-refractivity contribution in [3.05, 3.63) is 39.7 Å². The Kier molecular flexibility index (Phi) is 10.9. The summed E-state index contributed by atoms with van der Waals surface area (Å²) in [6, 6.07) is 3.98. The fraction of sp³-hybridized carbons (Fsp3) is 0.591. The van der Waals surface area contributed by atoms with E-state index >= 15 is 0 Å². The molecule has 1 saturated heterocycles. The molecule has 2 aromatic heterocycles. The van der Waals surface area contributed by atoms with Gasteiger partial charge in [-0.3, -0.25) is 9.89 Å². The summed E-state index contributed by atoms with van der Waals surface area (Å²) in [7, 11) is 0. The zero-order chi connectivity index (χ0) is 22.2. The average Bonchev–Trinajstić information content (AvgIpc) is 3.51. The molecule has 0 aromatic carbocycles. The van der Waals surface area contributed by atoms with E-state index in [9.17, 15) is 4.79 Å². The number of rotatable bonds is 9. The smallest absolute Gasteiger partial charge is 0.350 e. The number of esters is 1. The normalized spacial score (nSPS) is 16.3. The van der Waals surface area contributed by atoms with Gasteiger partial charge < -0.3 is 19.8 Å². The number of hydrogen-bond acceptors (Lipinski definition) is 7. The van der Waals surface area contributed by atoms with Gasteiger partial charge in [0.2, 0.25) is 0 Å². The highest BCUT2D eigenvalue weighted by Gasteiger charge is 2.26. The van der Waals surface area contributed by atoms with Gasteiger partial charge in [0.05, 0.1) is 37.2 Å². The Morgan fingerprint density at radius 1 is 1.38 bits per heavy atom. The van der Waals surface area contributed by atoms with Crippen LogP contribution in [0.25, 0.3) is 0 Å². The van der Waals surface area contributed by atoms with Gasteiger partial charge in [-0.1, -0.05) is 0 Å². The van der Waals surface area contributed by atoms with Crippen molar-refractivity contribution in [2.24, 2.45) is 4.99 Å². The van der Waals surface area contributed by atoms with Crippen LogP contribution in [0.15, 0.2) is 27.8 Å². The van der Waals surface area contributed by atoms with Crippen molar-refractivity contribution in [2.45, 2.75) is 52.6 Å². The summed E-state index contributed by atoms with van der Waals surface area (Å²) in [5, 5.41) is 7.56. The van der Waals surface area contributed by atoms with Crippen LogP contribution in [0.3, 0.4) is 0 Å². The van der Waals surface area contributed by atoms with Crippen LogP contribution in [-0.4, -0.2) is 54.6 Å². The minimum absolute atomic E-state index is 0. The monoisotopic (exact) mass is 575 g/mol. The van der Waals surface area contributed by atoms with Crippen LogP contribution in [-0.2, 0) is 4.74 Å². The van der Waals surface area contributed by atoms with Crippen LogP contribution in [0.4, 0.5) is 0 Å². The zero-order valence-electron chi connectivity index (χ0n) is 19.2. The topological polar surface area (TPSA) is 92.0 Å². The number of carbonyl (C=O) groups excluding carboxylic acids is 1. The largest absolute Gasteiger partial charge is 0.468 e. The summed E-state index contributed by atoms with van der Waals surface area (Å²) in [5.74, 6) is 1.35. The first kappa shape index (κ1) is 26.6. The molecule has 0 bridgehead atoms. The molecule has 32 heavy (non-hydrogen) atoms. The van der Waals surface area contributed by atoms with E-state index in [-0.39, 0.29) is 42.0 Å². The molecule has 3 rings (SSSR count). The molecule has 3 heterocycles. The standard InChI is InChI=1S/C22H33N5O3S.HI/c1-5-23-22(24-14-17(18-10-9-13-30-18)27-11-7-8-12-27)26-16(4)20-25-15(3)19(31-20)21(28)29-6-2;/h9-10,13,16-17H,5-8,11-12,14H2,1-4H3,(H2,23,24,26);1H. The summed E-state index contributed by atoms with van der Waals surface area (Å²) in [6.07, 6.45) is 4.14. The van der Waals surface area contributed by atoms with Crippen LogP contribution < -0.4 is 10.6 Å². The van der Waals surface area contributed by atoms with E-state index in [1.807, 2.05) is 32.9 Å². The zero-order valence-corrected chi connectivity index (χ0v) is 22.4. The fourth-order valence-corrected chi connectivity index (χ4v) is 4.64. The molecular formula is C22H34IN5O3S. The Balaban J connectivity index is 0.00000363. The van der Waals surface area contributed by atoms with Crippen LogP contribution in [0.5, 0.6) is 0 Å². The predicted octanol–water partition coefficient (Wildman–Crippen LogP) is 4.29. The number of aromatic nitrogens is 1. The van der Waals surface area contributed by atoms with Gasteiger partial charge in [0.25, 0.3) is 0 Å². The fourth-order valence-electron chi connectivity index (χ4n) is 3.67. The second-order valence-electron chi connectivity index (χ2n) is 7.55. The lowest BCUT2D eigenvalue weighted by Gasteiger charge is -2.25. The molecule has 2 unspecified atom stereocenters. The lowest BCUT2D eigenvalue weighted by atomic mass is 10.2. The van der Waals surface area contributed by atoms with E-state index in [2.05, 4.69) is 20.5 Å². The number of guanidine groups is 1. The van der Waals surface area contributed by atoms with Gasteiger partial charge in [-0.15, -0.1) is 35.3 Å². The number of carbonyl (C=O) groups is 1. The van der Waals surface area contributed by atoms with E-state index in [4.69, 9.17) is 14.1 Å². The number of likely N-dealkylation sites (tertiary alicyclic amines) is 1. The maximum Gasteiger partial charge on any atom is 0.350 e. The number of aliphatic imine (C=N–C) groups is 1. The first-order chi connectivity index (χ1) is 15.0. The predicted molar refractivity (Wildman–Crippen MR) is 138 cm³/mol. The molecule has 8 nitrogen and oxygen atoms in total. The Labute approximate surface area is 211 Å². The van der Waals surface area contributed by atoms with E-state index in [0.29, 0.717) is 23.7 Å². The molecule has 1 aliphatic heterocycles. The number of aryl methyl sites for hydroxylation is 1.